The van der Waals surface area contributed by atoms with Gasteiger partial charge < -0.3 is 10.6 Å². The first-order valence-corrected chi connectivity index (χ1v) is 8.39. The molecule has 122 valence electrons. The fraction of sp³-hybridized carbons (Fsp3) is 0.429. The van der Waals surface area contributed by atoms with Crippen molar-refractivity contribution < 1.29 is 18.0 Å². The van der Waals surface area contributed by atoms with Crippen LogP contribution in [0.15, 0.2) is 23.1 Å². The molecular formula is C14H21N3O4S. The Morgan fingerprint density at radius 1 is 1.18 bits per heavy atom. The van der Waals surface area contributed by atoms with Crippen molar-refractivity contribution in [1.82, 2.24) is 15.4 Å². The second-order valence-corrected chi connectivity index (χ2v) is 6.60. The number of rotatable bonds is 7. The molecule has 1 aromatic carbocycles. The maximum Gasteiger partial charge on any atom is 0.252 e. The number of amides is 2. The molecule has 1 aromatic rings. The lowest BCUT2D eigenvalue weighted by Gasteiger charge is -2.10. The van der Waals surface area contributed by atoms with E-state index in [1.165, 1.54) is 19.2 Å². The number of carbonyl (C=O) groups excluding carboxylic acids is 2. The summed E-state index contributed by atoms with van der Waals surface area (Å²) in [4.78, 5) is 23.6. The van der Waals surface area contributed by atoms with Crippen LogP contribution in [0.1, 0.15) is 29.3 Å². The lowest BCUT2D eigenvalue weighted by atomic mass is 10.1. The molecule has 8 heteroatoms. The van der Waals surface area contributed by atoms with Crippen LogP contribution >= 0.6 is 0 Å². The zero-order valence-electron chi connectivity index (χ0n) is 12.9. The molecule has 0 aromatic heterocycles. The average Bonchev–Trinajstić information content (AvgIpc) is 2.50. The fourth-order valence-electron chi connectivity index (χ4n) is 1.71. The summed E-state index contributed by atoms with van der Waals surface area (Å²) in [5.74, 6) is -0.774. The molecular weight excluding hydrogens is 306 g/mol. The van der Waals surface area contributed by atoms with Crippen molar-refractivity contribution in [2.45, 2.75) is 25.2 Å². The molecule has 0 spiro atoms. The monoisotopic (exact) mass is 327 g/mol. The van der Waals surface area contributed by atoms with Crippen molar-refractivity contribution in [1.29, 1.82) is 0 Å². The number of hydrogen-bond acceptors (Lipinski definition) is 4. The zero-order chi connectivity index (χ0) is 16.8. The van der Waals surface area contributed by atoms with Crippen LogP contribution in [0.4, 0.5) is 0 Å². The number of aryl methyl sites for hydroxylation is 1. The molecule has 0 heterocycles. The van der Waals surface area contributed by atoms with E-state index in [0.717, 1.165) is 6.42 Å². The molecule has 0 aliphatic heterocycles. The van der Waals surface area contributed by atoms with Gasteiger partial charge in [0, 0.05) is 12.1 Å². The van der Waals surface area contributed by atoms with Gasteiger partial charge in [-0.2, -0.15) is 0 Å². The van der Waals surface area contributed by atoms with Crippen LogP contribution < -0.4 is 15.4 Å². The normalized spacial score (nSPS) is 11.0. The average molecular weight is 327 g/mol. The smallest absolute Gasteiger partial charge is 0.252 e. The minimum Gasteiger partial charge on any atom is -0.355 e. The van der Waals surface area contributed by atoms with Crippen LogP contribution in [-0.4, -0.2) is 40.4 Å². The van der Waals surface area contributed by atoms with E-state index in [2.05, 4.69) is 15.4 Å². The molecule has 22 heavy (non-hydrogen) atoms. The highest BCUT2D eigenvalue weighted by Gasteiger charge is 2.16. The van der Waals surface area contributed by atoms with Crippen LogP contribution in [-0.2, 0) is 14.8 Å². The van der Waals surface area contributed by atoms with E-state index in [1.54, 1.807) is 13.0 Å². The Morgan fingerprint density at radius 2 is 1.86 bits per heavy atom. The Bertz CT molecular complexity index is 656. The minimum atomic E-state index is -3.62. The summed E-state index contributed by atoms with van der Waals surface area (Å²) in [6, 6.07) is 4.27. The van der Waals surface area contributed by atoms with Crippen LogP contribution in [0.2, 0.25) is 0 Å². The molecule has 0 unspecified atom stereocenters. The Labute approximate surface area is 130 Å². The molecule has 3 N–H and O–H groups in total. The first-order chi connectivity index (χ1) is 10.3. The Balaban J connectivity index is 2.85. The Kier molecular flexibility index (Phi) is 6.51. The molecule has 0 atom stereocenters. The summed E-state index contributed by atoms with van der Waals surface area (Å²) in [6.45, 7) is 4.02. The largest absolute Gasteiger partial charge is 0.355 e. The van der Waals surface area contributed by atoms with Gasteiger partial charge in [-0.25, -0.2) is 13.1 Å². The highest BCUT2D eigenvalue weighted by molar-refractivity contribution is 7.89. The Hall–Kier alpha value is -1.93. The lowest BCUT2D eigenvalue weighted by molar-refractivity contribution is -0.120. The highest BCUT2D eigenvalue weighted by atomic mass is 32.2. The second-order valence-electron chi connectivity index (χ2n) is 4.72. The molecule has 0 saturated carbocycles. The van der Waals surface area contributed by atoms with Crippen molar-refractivity contribution in [3.8, 4) is 0 Å². The van der Waals surface area contributed by atoms with Crippen molar-refractivity contribution in [3.05, 3.63) is 29.3 Å². The number of nitrogens with one attached hydrogen (secondary N) is 3. The predicted molar refractivity (Wildman–Crippen MR) is 83.1 cm³/mol. The van der Waals surface area contributed by atoms with Gasteiger partial charge in [0.15, 0.2) is 0 Å². The molecule has 0 saturated heterocycles. The molecule has 0 aliphatic carbocycles. The molecule has 0 fully saturated rings. The molecule has 0 aliphatic rings. The van der Waals surface area contributed by atoms with E-state index in [0.29, 0.717) is 12.1 Å². The number of sulfonamides is 1. The van der Waals surface area contributed by atoms with Gasteiger partial charge in [-0.1, -0.05) is 13.0 Å². The van der Waals surface area contributed by atoms with Gasteiger partial charge in [0.25, 0.3) is 5.91 Å². The number of carbonyl (C=O) groups is 2. The summed E-state index contributed by atoms with van der Waals surface area (Å²) >= 11 is 0. The highest BCUT2D eigenvalue weighted by Crippen LogP contribution is 2.15. The van der Waals surface area contributed by atoms with E-state index < -0.39 is 15.9 Å². The maximum atomic E-state index is 12.1. The van der Waals surface area contributed by atoms with Crippen LogP contribution in [0, 0.1) is 6.92 Å². The van der Waals surface area contributed by atoms with Gasteiger partial charge in [-0.15, -0.1) is 0 Å². The van der Waals surface area contributed by atoms with Gasteiger partial charge in [-0.3, -0.25) is 9.59 Å². The molecule has 2 amide bonds. The third-order valence-corrected chi connectivity index (χ3v) is 4.43. The van der Waals surface area contributed by atoms with Crippen molar-refractivity contribution in [2.75, 3.05) is 20.1 Å². The van der Waals surface area contributed by atoms with Crippen molar-refractivity contribution in [3.63, 3.8) is 0 Å². The van der Waals surface area contributed by atoms with E-state index in [1.807, 2.05) is 6.92 Å². The van der Waals surface area contributed by atoms with Gasteiger partial charge >= 0.3 is 0 Å². The summed E-state index contributed by atoms with van der Waals surface area (Å²) in [5, 5.41) is 5.12. The first-order valence-electron chi connectivity index (χ1n) is 6.91. The van der Waals surface area contributed by atoms with Crippen LogP contribution in [0.25, 0.3) is 0 Å². The standard InChI is InChI=1S/C14H21N3O4S/c1-4-7-16-13(18)9-17-14(19)12-8-11(6-5-10(12)2)22(20,21)15-3/h5-6,8,15H,4,7,9H2,1-3H3,(H,16,18)(H,17,19). The van der Waals surface area contributed by atoms with Gasteiger partial charge in [-0.05, 0) is 38.1 Å². The van der Waals surface area contributed by atoms with E-state index in [-0.39, 0.29) is 22.9 Å². The predicted octanol–water partition coefficient (Wildman–Crippen LogP) is 0.159. The first kappa shape index (κ1) is 18.1. The summed E-state index contributed by atoms with van der Waals surface area (Å²) in [7, 11) is -2.32. The van der Waals surface area contributed by atoms with Crippen molar-refractivity contribution >= 4 is 21.8 Å². The van der Waals surface area contributed by atoms with Crippen LogP contribution in [0.5, 0.6) is 0 Å². The quantitative estimate of drug-likeness (QED) is 0.663. The third kappa shape index (κ3) is 4.81. The van der Waals surface area contributed by atoms with Crippen LogP contribution in [0.3, 0.4) is 0 Å². The number of hydrogen-bond donors (Lipinski definition) is 3. The third-order valence-electron chi connectivity index (χ3n) is 3.01. The molecule has 0 radical (unpaired) electrons. The Morgan fingerprint density at radius 3 is 2.45 bits per heavy atom. The molecule has 1 rings (SSSR count). The van der Waals surface area contributed by atoms with E-state index in [9.17, 15) is 18.0 Å². The van der Waals surface area contributed by atoms with Gasteiger partial charge in [0.05, 0.1) is 11.4 Å². The van der Waals surface area contributed by atoms with E-state index in [4.69, 9.17) is 0 Å². The summed E-state index contributed by atoms with van der Waals surface area (Å²) in [6.07, 6.45) is 0.808. The molecule has 7 nitrogen and oxygen atoms in total. The fourth-order valence-corrected chi connectivity index (χ4v) is 2.47. The van der Waals surface area contributed by atoms with Gasteiger partial charge in [0.1, 0.15) is 0 Å². The summed E-state index contributed by atoms with van der Waals surface area (Å²) in [5.41, 5.74) is 0.848. The zero-order valence-corrected chi connectivity index (χ0v) is 13.7. The van der Waals surface area contributed by atoms with Crippen molar-refractivity contribution in [2.24, 2.45) is 0 Å². The minimum absolute atomic E-state index is 0.00110. The van der Waals surface area contributed by atoms with Gasteiger partial charge in [0.2, 0.25) is 15.9 Å². The molecule has 0 bridgehead atoms. The SMILES string of the molecule is CCCNC(=O)CNC(=O)c1cc(S(=O)(=O)NC)ccc1C. The maximum absolute atomic E-state index is 12.1. The lowest BCUT2D eigenvalue weighted by Crippen LogP contribution is -2.37. The van der Waals surface area contributed by atoms with E-state index >= 15 is 0 Å². The number of benzene rings is 1. The second kappa shape index (κ2) is 7.90. The topological polar surface area (TPSA) is 104 Å². The summed E-state index contributed by atoms with van der Waals surface area (Å²) < 4.78 is 25.7.